The molecule has 3 heterocycles. The fraction of sp³-hybridized carbons (Fsp3) is 0.765. The molecule has 3 aliphatic rings. The van der Waals surface area contributed by atoms with E-state index >= 15 is 0 Å². The van der Waals surface area contributed by atoms with Crippen LogP contribution in [0, 0.1) is 18.8 Å². The van der Waals surface area contributed by atoms with Gasteiger partial charge in [-0.2, -0.15) is 4.98 Å². The van der Waals surface area contributed by atoms with E-state index in [4.69, 9.17) is 4.52 Å². The molecular formula is C17H24N4O3. The van der Waals surface area contributed by atoms with Gasteiger partial charge >= 0.3 is 0 Å². The van der Waals surface area contributed by atoms with Gasteiger partial charge in [0.05, 0.1) is 11.8 Å². The van der Waals surface area contributed by atoms with Crippen molar-refractivity contribution in [3.05, 3.63) is 11.7 Å². The molecule has 7 nitrogen and oxygen atoms in total. The highest BCUT2D eigenvalue weighted by molar-refractivity contribution is 5.89. The average molecular weight is 332 g/mol. The third-order valence-electron chi connectivity index (χ3n) is 5.36. The van der Waals surface area contributed by atoms with E-state index in [9.17, 15) is 9.59 Å². The lowest BCUT2D eigenvalue weighted by Gasteiger charge is -2.32. The first-order valence-electron chi connectivity index (χ1n) is 8.97. The molecule has 2 amide bonds. The number of carbonyl (C=O) groups excluding carboxylic acids is 2. The molecule has 1 aromatic heterocycles. The number of carbonyl (C=O) groups is 2. The molecule has 0 aromatic carbocycles. The zero-order valence-electron chi connectivity index (χ0n) is 14.1. The van der Waals surface area contributed by atoms with Crippen LogP contribution >= 0.6 is 0 Å². The quantitative estimate of drug-likeness (QED) is 0.831. The Labute approximate surface area is 141 Å². The second-order valence-corrected chi connectivity index (χ2v) is 7.45. The minimum absolute atomic E-state index is 0.114. The summed E-state index contributed by atoms with van der Waals surface area (Å²) in [5.41, 5.74) is 0. The molecule has 3 fully saturated rings. The Morgan fingerprint density at radius 3 is 2.83 bits per heavy atom. The summed E-state index contributed by atoms with van der Waals surface area (Å²) in [7, 11) is 0. The number of aromatic nitrogens is 2. The summed E-state index contributed by atoms with van der Waals surface area (Å²) in [5, 5.41) is 3.85. The van der Waals surface area contributed by atoms with Crippen LogP contribution in [0.1, 0.15) is 49.7 Å². The van der Waals surface area contributed by atoms with Crippen molar-refractivity contribution in [1.82, 2.24) is 19.9 Å². The minimum Gasteiger partial charge on any atom is -0.342 e. The first kappa shape index (κ1) is 15.6. The lowest BCUT2D eigenvalue weighted by molar-refractivity contribution is -0.137. The Bertz CT molecular complexity index is 640. The molecule has 2 aliphatic heterocycles. The van der Waals surface area contributed by atoms with E-state index in [1.165, 1.54) is 12.8 Å². The Hall–Kier alpha value is -1.92. The molecule has 24 heavy (non-hydrogen) atoms. The number of rotatable bonds is 4. The highest BCUT2D eigenvalue weighted by Gasteiger charge is 2.40. The highest BCUT2D eigenvalue weighted by Crippen LogP contribution is 2.33. The maximum atomic E-state index is 12.9. The van der Waals surface area contributed by atoms with Crippen molar-refractivity contribution < 1.29 is 14.1 Å². The van der Waals surface area contributed by atoms with Gasteiger partial charge in [0, 0.05) is 32.6 Å². The summed E-state index contributed by atoms with van der Waals surface area (Å²) in [6, 6.07) is 0. The van der Waals surface area contributed by atoms with Crippen LogP contribution in [0.15, 0.2) is 4.52 Å². The third kappa shape index (κ3) is 3.16. The molecule has 0 unspecified atom stereocenters. The Morgan fingerprint density at radius 2 is 2.12 bits per heavy atom. The van der Waals surface area contributed by atoms with E-state index in [1.807, 2.05) is 9.80 Å². The first-order chi connectivity index (χ1) is 11.6. The van der Waals surface area contributed by atoms with E-state index in [0.717, 1.165) is 25.9 Å². The van der Waals surface area contributed by atoms with Gasteiger partial charge in [-0.1, -0.05) is 5.16 Å². The number of hydrogen-bond acceptors (Lipinski definition) is 5. The van der Waals surface area contributed by atoms with Gasteiger partial charge in [-0.05, 0) is 38.5 Å². The second kappa shape index (κ2) is 6.18. The van der Waals surface area contributed by atoms with Gasteiger partial charge in [-0.15, -0.1) is 0 Å². The fourth-order valence-corrected chi connectivity index (χ4v) is 3.84. The van der Waals surface area contributed by atoms with Gasteiger partial charge in [0.25, 0.3) is 0 Å². The van der Waals surface area contributed by atoms with E-state index in [-0.39, 0.29) is 23.7 Å². The SMILES string of the molecule is Cc1noc([C@@H]2CCCN(C(=O)[C@H]3CC(=O)N(CC4CC4)C3)C2)n1. The number of nitrogens with zero attached hydrogens (tertiary/aromatic N) is 4. The predicted molar refractivity (Wildman–Crippen MR) is 85.0 cm³/mol. The van der Waals surface area contributed by atoms with E-state index < -0.39 is 0 Å². The Kier molecular flexibility index (Phi) is 4.02. The fourth-order valence-electron chi connectivity index (χ4n) is 3.84. The Balaban J connectivity index is 1.38. The van der Waals surface area contributed by atoms with Crippen molar-refractivity contribution in [2.45, 2.75) is 44.9 Å². The molecule has 2 atom stereocenters. The van der Waals surface area contributed by atoms with Crippen molar-refractivity contribution in [2.24, 2.45) is 11.8 Å². The molecule has 0 bridgehead atoms. The van der Waals surface area contributed by atoms with Crippen molar-refractivity contribution in [3.8, 4) is 0 Å². The molecule has 0 radical (unpaired) electrons. The van der Waals surface area contributed by atoms with Crippen LogP contribution in [0.3, 0.4) is 0 Å². The molecule has 0 spiro atoms. The molecule has 4 rings (SSSR count). The maximum Gasteiger partial charge on any atom is 0.231 e. The smallest absolute Gasteiger partial charge is 0.231 e. The van der Waals surface area contributed by atoms with Gasteiger partial charge in [0.1, 0.15) is 0 Å². The molecule has 1 aromatic rings. The number of likely N-dealkylation sites (tertiary alicyclic amines) is 2. The minimum atomic E-state index is -0.181. The lowest BCUT2D eigenvalue weighted by Crippen LogP contribution is -2.43. The zero-order valence-corrected chi connectivity index (χ0v) is 14.1. The van der Waals surface area contributed by atoms with Crippen molar-refractivity contribution in [3.63, 3.8) is 0 Å². The monoisotopic (exact) mass is 332 g/mol. The Morgan fingerprint density at radius 1 is 1.29 bits per heavy atom. The summed E-state index contributed by atoms with van der Waals surface area (Å²) >= 11 is 0. The van der Waals surface area contributed by atoms with E-state index in [0.29, 0.717) is 37.1 Å². The summed E-state index contributed by atoms with van der Waals surface area (Å²) in [6.07, 6.45) is 4.71. The van der Waals surface area contributed by atoms with E-state index in [2.05, 4.69) is 10.1 Å². The molecule has 2 saturated heterocycles. The zero-order chi connectivity index (χ0) is 16.7. The lowest BCUT2D eigenvalue weighted by atomic mass is 9.96. The number of piperidine rings is 1. The van der Waals surface area contributed by atoms with Crippen LogP contribution in [0.25, 0.3) is 0 Å². The van der Waals surface area contributed by atoms with Gasteiger partial charge in [0.2, 0.25) is 17.7 Å². The van der Waals surface area contributed by atoms with E-state index in [1.54, 1.807) is 6.92 Å². The van der Waals surface area contributed by atoms with Crippen molar-refractivity contribution >= 4 is 11.8 Å². The third-order valence-corrected chi connectivity index (χ3v) is 5.36. The van der Waals surface area contributed by atoms with Crippen LogP contribution in [-0.4, -0.2) is 57.9 Å². The van der Waals surface area contributed by atoms with Crippen LogP contribution < -0.4 is 0 Å². The van der Waals surface area contributed by atoms with Crippen LogP contribution in [0.4, 0.5) is 0 Å². The molecule has 1 saturated carbocycles. The molecule has 0 N–H and O–H groups in total. The summed E-state index contributed by atoms with van der Waals surface area (Å²) in [6.45, 7) is 4.61. The van der Waals surface area contributed by atoms with Crippen molar-refractivity contribution in [2.75, 3.05) is 26.2 Å². The maximum absolute atomic E-state index is 12.9. The second-order valence-electron chi connectivity index (χ2n) is 7.45. The topological polar surface area (TPSA) is 79.5 Å². The highest BCUT2D eigenvalue weighted by atomic mass is 16.5. The van der Waals surface area contributed by atoms with Crippen LogP contribution in [-0.2, 0) is 9.59 Å². The molecule has 1 aliphatic carbocycles. The standard InChI is InChI=1S/C17H24N4O3/c1-11-18-16(24-19-11)13-3-2-6-20(9-13)17(23)14-7-15(22)21(10-14)8-12-4-5-12/h12-14H,2-10H2,1H3/t13-,14+/m1/s1. The average Bonchev–Trinajstić information content (AvgIpc) is 3.18. The number of amides is 2. The van der Waals surface area contributed by atoms with Gasteiger partial charge in [0.15, 0.2) is 5.82 Å². The van der Waals surface area contributed by atoms with Gasteiger partial charge < -0.3 is 14.3 Å². The predicted octanol–water partition coefficient (Wildman–Crippen LogP) is 1.34. The van der Waals surface area contributed by atoms with Crippen LogP contribution in [0.2, 0.25) is 0 Å². The molecule has 130 valence electrons. The summed E-state index contributed by atoms with van der Waals surface area (Å²) < 4.78 is 5.28. The molecule has 7 heteroatoms. The number of hydrogen-bond donors (Lipinski definition) is 0. The van der Waals surface area contributed by atoms with Crippen LogP contribution in [0.5, 0.6) is 0 Å². The van der Waals surface area contributed by atoms with Gasteiger partial charge in [-0.25, -0.2) is 0 Å². The normalized spacial score (nSPS) is 27.8. The summed E-state index contributed by atoms with van der Waals surface area (Å²) in [5.74, 6) is 2.11. The molecular weight excluding hydrogens is 308 g/mol. The van der Waals surface area contributed by atoms with Gasteiger partial charge in [-0.3, -0.25) is 9.59 Å². The van der Waals surface area contributed by atoms with Crippen molar-refractivity contribution in [1.29, 1.82) is 0 Å². The number of aryl methyl sites for hydroxylation is 1. The largest absolute Gasteiger partial charge is 0.342 e. The summed E-state index contributed by atoms with van der Waals surface area (Å²) in [4.78, 5) is 33.1. The first-order valence-corrected chi connectivity index (χ1v) is 8.97.